The molecular weight excluding hydrogens is 406 g/mol. The lowest BCUT2D eigenvalue weighted by Crippen LogP contribution is -2.55. The van der Waals surface area contributed by atoms with Crippen molar-refractivity contribution in [3.8, 4) is 5.75 Å². The minimum absolute atomic E-state index is 0.0933. The molecule has 0 radical (unpaired) electrons. The maximum Gasteiger partial charge on any atom is 0.327 e. The number of methoxy groups -OCH3 is 1. The minimum atomic E-state index is -0.756. The van der Waals surface area contributed by atoms with Crippen molar-refractivity contribution in [1.82, 2.24) is 14.7 Å². The number of rotatable bonds is 5. The molecule has 1 spiro atoms. The highest BCUT2D eigenvalue weighted by Gasteiger charge is 2.56. The third kappa shape index (κ3) is 3.42. The van der Waals surface area contributed by atoms with Gasteiger partial charge in [0.2, 0.25) is 0 Å². The number of urea groups is 1. The van der Waals surface area contributed by atoms with Gasteiger partial charge in [0.1, 0.15) is 22.6 Å². The quantitative estimate of drug-likeness (QED) is 0.572. The predicted molar refractivity (Wildman–Crippen MR) is 120 cm³/mol. The van der Waals surface area contributed by atoms with Gasteiger partial charge in [-0.25, -0.2) is 4.79 Å². The highest BCUT2D eigenvalue weighted by molar-refractivity contribution is 6.06. The molecule has 2 saturated heterocycles. The topological polar surface area (TPSA) is 66.2 Å². The molecule has 2 aliphatic heterocycles. The summed E-state index contributed by atoms with van der Waals surface area (Å²) < 4.78 is 11.1. The average Bonchev–Trinajstić information content (AvgIpc) is 3.30. The van der Waals surface area contributed by atoms with Crippen LogP contribution in [-0.4, -0.2) is 59.4 Å². The SMILES string of the molecule is COc1ccc(CN2C(=O)N(C)C3(CCN(Cc4cc5ccccc5o4)CC3)C2=O)cc1. The molecule has 2 fully saturated rings. The summed E-state index contributed by atoms with van der Waals surface area (Å²) >= 11 is 0. The monoisotopic (exact) mass is 433 g/mol. The summed E-state index contributed by atoms with van der Waals surface area (Å²) in [6, 6.07) is 17.3. The molecule has 3 amide bonds. The molecule has 1 aromatic heterocycles. The number of fused-ring (bicyclic) bond motifs is 1. The van der Waals surface area contributed by atoms with Gasteiger partial charge in [0.25, 0.3) is 5.91 Å². The molecule has 7 heteroatoms. The lowest BCUT2D eigenvalue weighted by Gasteiger charge is -2.40. The molecule has 7 nitrogen and oxygen atoms in total. The van der Waals surface area contributed by atoms with Crippen LogP contribution in [0.4, 0.5) is 4.79 Å². The first kappa shape index (κ1) is 20.6. The fourth-order valence-electron chi connectivity index (χ4n) is 4.86. The second kappa shape index (κ2) is 7.98. The zero-order valence-electron chi connectivity index (χ0n) is 18.4. The second-order valence-electron chi connectivity index (χ2n) is 8.64. The number of carbonyl (C=O) groups excluding carboxylic acids is 2. The van der Waals surface area contributed by atoms with Crippen LogP contribution in [0.2, 0.25) is 0 Å². The van der Waals surface area contributed by atoms with Crippen molar-refractivity contribution in [2.45, 2.75) is 31.5 Å². The molecule has 166 valence electrons. The van der Waals surface area contributed by atoms with E-state index in [1.54, 1.807) is 19.1 Å². The number of imide groups is 1. The van der Waals surface area contributed by atoms with Gasteiger partial charge in [-0.2, -0.15) is 0 Å². The van der Waals surface area contributed by atoms with Crippen LogP contribution in [0.15, 0.2) is 59.0 Å². The summed E-state index contributed by atoms with van der Waals surface area (Å²) in [5, 5.41) is 1.10. The number of likely N-dealkylation sites (N-methyl/N-ethyl adjacent to an activating group) is 1. The molecule has 3 aromatic rings. The van der Waals surface area contributed by atoms with E-state index in [1.165, 1.54) is 4.90 Å². The Morgan fingerprint density at radius 1 is 1.00 bits per heavy atom. The molecule has 32 heavy (non-hydrogen) atoms. The number of hydrogen-bond donors (Lipinski definition) is 0. The van der Waals surface area contributed by atoms with Crippen molar-refractivity contribution in [2.75, 3.05) is 27.2 Å². The van der Waals surface area contributed by atoms with Crippen molar-refractivity contribution < 1.29 is 18.7 Å². The number of likely N-dealkylation sites (tertiary alicyclic amines) is 1. The van der Waals surface area contributed by atoms with Gasteiger partial charge >= 0.3 is 6.03 Å². The van der Waals surface area contributed by atoms with Gasteiger partial charge in [-0.3, -0.25) is 14.6 Å². The predicted octanol–water partition coefficient (Wildman–Crippen LogP) is 3.87. The van der Waals surface area contributed by atoms with E-state index in [1.807, 2.05) is 48.5 Å². The van der Waals surface area contributed by atoms with Gasteiger partial charge in [0, 0.05) is 25.5 Å². The number of furan rings is 1. The van der Waals surface area contributed by atoms with Gasteiger partial charge in [-0.05, 0) is 42.7 Å². The first-order valence-corrected chi connectivity index (χ1v) is 10.9. The Labute approximate surface area is 187 Å². The minimum Gasteiger partial charge on any atom is -0.497 e. The fourth-order valence-corrected chi connectivity index (χ4v) is 4.86. The molecule has 0 aliphatic carbocycles. The number of ether oxygens (including phenoxy) is 1. The first-order chi connectivity index (χ1) is 15.5. The van der Waals surface area contributed by atoms with Crippen LogP contribution in [0.25, 0.3) is 11.0 Å². The van der Waals surface area contributed by atoms with Crippen molar-refractivity contribution in [3.63, 3.8) is 0 Å². The largest absolute Gasteiger partial charge is 0.497 e. The third-order valence-electron chi connectivity index (χ3n) is 6.84. The molecule has 0 N–H and O–H groups in total. The number of benzene rings is 2. The molecule has 0 bridgehead atoms. The summed E-state index contributed by atoms with van der Waals surface area (Å²) in [7, 11) is 3.37. The summed E-state index contributed by atoms with van der Waals surface area (Å²) in [5.41, 5.74) is 1.04. The standard InChI is InChI=1S/C25H27N3O4/c1-26-24(30)28(16-18-7-9-20(31-2)10-8-18)23(29)25(26)11-13-27(14-12-25)17-21-15-19-5-3-4-6-22(19)32-21/h3-10,15H,11-14,16-17H2,1-2H3. The smallest absolute Gasteiger partial charge is 0.327 e. The van der Waals surface area contributed by atoms with E-state index < -0.39 is 5.54 Å². The Hall–Kier alpha value is -3.32. The number of hydrogen-bond acceptors (Lipinski definition) is 5. The van der Waals surface area contributed by atoms with Gasteiger partial charge in [0.15, 0.2) is 0 Å². The van der Waals surface area contributed by atoms with E-state index in [2.05, 4.69) is 11.0 Å². The van der Waals surface area contributed by atoms with Crippen molar-refractivity contribution in [2.24, 2.45) is 0 Å². The number of para-hydroxylation sites is 1. The van der Waals surface area contributed by atoms with E-state index in [0.29, 0.717) is 19.4 Å². The second-order valence-corrected chi connectivity index (χ2v) is 8.64. The summed E-state index contributed by atoms with van der Waals surface area (Å²) in [4.78, 5) is 31.7. The van der Waals surface area contributed by atoms with Crippen LogP contribution in [0, 0.1) is 0 Å². The Balaban J connectivity index is 1.26. The molecule has 5 rings (SSSR count). The average molecular weight is 434 g/mol. The van der Waals surface area contributed by atoms with Gasteiger partial charge in [-0.1, -0.05) is 30.3 Å². The highest BCUT2D eigenvalue weighted by atomic mass is 16.5. The maximum atomic E-state index is 13.4. The van der Waals surface area contributed by atoms with Gasteiger partial charge in [0.05, 0.1) is 20.2 Å². The first-order valence-electron chi connectivity index (χ1n) is 10.9. The van der Waals surface area contributed by atoms with Gasteiger partial charge in [-0.15, -0.1) is 0 Å². The number of nitrogens with zero attached hydrogens (tertiary/aromatic N) is 3. The van der Waals surface area contributed by atoms with Crippen LogP contribution in [0.3, 0.4) is 0 Å². The van der Waals surface area contributed by atoms with E-state index in [9.17, 15) is 9.59 Å². The summed E-state index contributed by atoms with van der Waals surface area (Å²) in [5.74, 6) is 1.58. The van der Waals surface area contributed by atoms with Crippen molar-refractivity contribution >= 4 is 22.9 Å². The number of carbonyl (C=O) groups is 2. The summed E-state index contributed by atoms with van der Waals surface area (Å²) in [6.07, 6.45) is 1.24. The zero-order chi connectivity index (χ0) is 22.3. The summed E-state index contributed by atoms with van der Waals surface area (Å²) in [6.45, 7) is 2.44. The van der Waals surface area contributed by atoms with Crippen LogP contribution in [0.1, 0.15) is 24.2 Å². The van der Waals surface area contributed by atoms with E-state index in [-0.39, 0.29) is 18.5 Å². The molecule has 0 atom stereocenters. The Bertz CT molecular complexity index is 1110. The Kier molecular flexibility index (Phi) is 5.13. The van der Waals surface area contributed by atoms with Gasteiger partial charge < -0.3 is 14.1 Å². The molecule has 0 saturated carbocycles. The van der Waals surface area contributed by atoms with Crippen LogP contribution < -0.4 is 4.74 Å². The molecule has 2 aliphatic rings. The number of amides is 3. The van der Waals surface area contributed by atoms with E-state index in [0.717, 1.165) is 41.1 Å². The van der Waals surface area contributed by atoms with Crippen molar-refractivity contribution in [3.05, 3.63) is 65.9 Å². The van der Waals surface area contributed by atoms with Crippen LogP contribution in [0.5, 0.6) is 5.75 Å². The zero-order valence-corrected chi connectivity index (χ0v) is 18.4. The van der Waals surface area contributed by atoms with Crippen LogP contribution in [-0.2, 0) is 17.9 Å². The Morgan fingerprint density at radius 2 is 1.72 bits per heavy atom. The lowest BCUT2D eigenvalue weighted by atomic mass is 9.86. The number of piperidine rings is 1. The van der Waals surface area contributed by atoms with Crippen molar-refractivity contribution in [1.29, 1.82) is 0 Å². The highest BCUT2D eigenvalue weighted by Crippen LogP contribution is 2.37. The maximum absolute atomic E-state index is 13.4. The molecule has 0 unspecified atom stereocenters. The molecule has 2 aromatic carbocycles. The van der Waals surface area contributed by atoms with E-state index in [4.69, 9.17) is 9.15 Å². The van der Waals surface area contributed by atoms with E-state index >= 15 is 0 Å². The molecular formula is C25H27N3O4. The third-order valence-corrected chi connectivity index (χ3v) is 6.84. The molecule has 3 heterocycles. The lowest BCUT2D eigenvalue weighted by molar-refractivity contribution is -0.135. The fraction of sp³-hybridized carbons (Fsp3) is 0.360. The van der Waals surface area contributed by atoms with Crippen LogP contribution >= 0.6 is 0 Å². The normalized spacial score (nSPS) is 18.8. The Morgan fingerprint density at radius 3 is 2.41 bits per heavy atom.